The average molecular weight is 288 g/mol. The number of hydrogen-bond acceptors (Lipinski definition) is 5. The fourth-order valence-corrected chi connectivity index (χ4v) is 2.17. The number of benzene rings is 1. The smallest absolute Gasteiger partial charge is 0.142 e. The third-order valence-electron chi connectivity index (χ3n) is 3.33. The molecule has 1 aromatic heterocycles. The van der Waals surface area contributed by atoms with Crippen LogP contribution in [0, 0.1) is 13.8 Å². The van der Waals surface area contributed by atoms with E-state index < -0.39 is 0 Å². The largest absolute Gasteiger partial charge is 0.496 e. The molecule has 0 aliphatic heterocycles. The minimum atomic E-state index is 0.355. The quantitative estimate of drug-likeness (QED) is 0.857. The minimum Gasteiger partial charge on any atom is -0.496 e. The molecule has 2 N–H and O–H groups in total. The molecule has 5 heteroatoms. The summed E-state index contributed by atoms with van der Waals surface area (Å²) in [6.07, 6.45) is 1.78. The van der Waals surface area contributed by atoms with E-state index in [0.29, 0.717) is 23.8 Å². The first-order valence-electron chi connectivity index (χ1n) is 6.62. The van der Waals surface area contributed by atoms with Crippen molar-refractivity contribution >= 4 is 5.69 Å². The van der Waals surface area contributed by atoms with Gasteiger partial charge in [-0.15, -0.1) is 0 Å². The molecule has 0 aliphatic rings. The van der Waals surface area contributed by atoms with Crippen LogP contribution in [0.15, 0.2) is 24.4 Å². The van der Waals surface area contributed by atoms with Crippen LogP contribution < -0.4 is 19.9 Å². The molecule has 0 bridgehead atoms. The highest BCUT2D eigenvalue weighted by Gasteiger charge is 2.10. The van der Waals surface area contributed by atoms with E-state index in [9.17, 15) is 0 Å². The van der Waals surface area contributed by atoms with Gasteiger partial charge in [-0.3, -0.25) is 4.98 Å². The van der Waals surface area contributed by atoms with Crippen LogP contribution in [-0.4, -0.2) is 19.2 Å². The van der Waals surface area contributed by atoms with Crippen molar-refractivity contribution in [2.45, 2.75) is 20.5 Å². The van der Waals surface area contributed by atoms with E-state index in [1.54, 1.807) is 32.5 Å². The Balaban J connectivity index is 2.15. The molecule has 0 spiro atoms. The van der Waals surface area contributed by atoms with E-state index in [1.807, 2.05) is 19.9 Å². The van der Waals surface area contributed by atoms with Crippen molar-refractivity contribution in [3.05, 3.63) is 41.2 Å². The van der Waals surface area contributed by atoms with Crippen molar-refractivity contribution in [3.8, 4) is 17.2 Å². The van der Waals surface area contributed by atoms with Crippen LogP contribution in [0.5, 0.6) is 17.2 Å². The topological polar surface area (TPSA) is 66.6 Å². The Kier molecular flexibility index (Phi) is 4.52. The number of aryl methyl sites for hydroxylation is 1. The highest BCUT2D eigenvalue weighted by molar-refractivity contribution is 5.56. The van der Waals surface area contributed by atoms with E-state index >= 15 is 0 Å². The normalized spacial score (nSPS) is 10.3. The first-order chi connectivity index (χ1) is 10.1. The van der Waals surface area contributed by atoms with Gasteiger partial charge in [0.25, 0.3) is 0 Å². The number of hydrogen-bond donors (Lipinski definition) is 1. The molecule has 21 heavy (non-hydrogen) atoms. The van der Waals surface area contributed by atoms with Crippen molar-refractivity contribution in [2.24, 2.45) is 0 Å². The monoisotopic (exact) mass is 288 g/mol. The molecule has 0 aliphatic carbocycles. The Bertz CT molecular complexity index is 642. The summed E-state index contributed by atoms with van der Waals surface area (Å²) in [4.78, 5) is 4.40. The zero-order chi connectivity index (χ0) is 15.4. The summed E-state index contributed by atoms with van der Waals surface area (Å²) in [7, 11) is 3.24. The third-order valence-corrected chi connectivity index (χ3v) is 3.33. The van der Waals surface area contributed by atoms with Crippen molar-refractivity contribution in [2.75, 3.05) is 20.0 Å². The molecule has 5 nitrogen and oxygen atoms in total. The third kappa shape index (κ3) is 3.18. The molecule has 0 unspecified atom stereocenters. The highest BCUT2D eigenvalue weighted by atomic mass is 16.5. The maximum absolute atomic E-state index is 5.86. The SMILES string of the molecule is COc1ccc(OCc2ncc(C)c(OC)c2C)cc1N. The molecular weight excluding hydrogens is 268 g/mol. The van der Waals surface area contributed by atoms with Gasteiger partial charge in [-0.2, -0.15) is 0 Å². The molecule has 0 saturated carbocycles. The number of methoxy groups -OCH3 is 2. The Labute approximate surface area is 124 Å². The molecule has 0 amide bonds. The van der Waals surface area contributed by atoms with E-state index in [1.165, 1.54) is 0 Å². The number of aromatic nitrogens is 1. The van der Waals surface area contributed by atoms with Gasteiger partial charge < -0.3 is 19.9 Å². The van der Waals surface area contributed by atoms with E-state index in [0.717, 1.165) is 22.6 Å². The van der Waals surface area contributed by atoms with Gasteiger partial charge in [-0.25, -0.2) is 0 Å². The van der Waals surface area contributed by atoms with Crippen molar-refractivity contribution < 1.29 is 14.2 Å². The maximum atomic E-state index is 5.86. The maximum Gasteiger partial charge on any atom is 0.142 e. The van der Waals surface area contributed by atoms with Crippen LogP contribution in [-0.2, 0) is 6.61 Å². The van der Waals surface area contributed by atoms with Gasteiger partial charge in [-0.1, -0.05) is 0 Å². The van der Waals surface area contributed by atoms with Gasteiger partial charge in [0.1, 0.15) is 23.9 Å². The Morgan fingerprint density at radius 2 is 1.90 bits per heavy atom. The second-order valence-corrected chi connectivity index (χ2v) is 4.74. The fourth-order valence-electron chi connectivity index (χ4n) is 2.17. The zero-order valence-electron chi connectivity index (χ0n) is 12.8. The lowest BCUT2D eigenvalue weighted by Crippen LogP contribution is -2.04. The summed E-state index contributed by atoms with van der Waals surface area (Å²) in [6.45, 7) is 4.29. The molecule has 2 rings (SSSR count). The average Bonchev–Trinajstić information content (AvgIpc) is 2.47. The lowest BCUT2D eigenvalue weighted by molar-refractivity contribution is 0.298. The van der Waals surface area contributed by atoms with Crippen LogP contribution in [0.25, 0.3) is 0 Å². The number of nitrogens with two attached hydrogens (primary N) is 1. The fraction of sp³-hybridized carbons (Fsp3) is 0.312. The number of nitrogen functional groups attached to an aromatic ring is 1. The summed E-state index contributed by atoms with van der Waals surface area (Å²) < 4.78 is 16.2. The molecule has 112 valence electrons. The van der Waals surface area contributed by atoms with Gasteiger partial charge in [0, 0.05) is 23.4 Å². The zero-order valence-corrected chi connectivity index (χ0v) is 12.8. The Morgan fingerprint density at radius 1 is 1.14 bits per heavy atom. The molecule has 0 radical (unpaired) electrons. The van der Waals surface area contributed by atoms with Gasteiger partial charge in [0.15, 0.2) is 0 Å². The summed E-state index contributed by atoms with van der Waals surface area (Å²) in [6, 6.07) is 5.33. The molecule has 1 aromatic carbocycles. The first-order valence-corrected chi connectivity index (χ1v) is 6.62. The van der Waals surface area contributed by atoms with Crippen LogP contribution in [0.2, 0.25) is 0 Å². The number of rotatable bonds is 5. The number of ether oxygens (including phenoxy) is 3. The molecule has 0 saturated heterocycles. The summed E-state index contributed by atoms with van der Waals surface area (Å²) in [5.74, 6) is 2.15. The minimum absolute atomic E-state index is 0.355. The second-order valence-electron chi connectivity index (χ2n) is 4.74. The summed E-state index contributed by atoms with van der Waals surface area (Å²) in [5.41, 5.74) is 9.23. The second kappa shape index (κ2) is 6.35. The van der Waals surface area contributed by atoms with Gasteiger partial charge in [0.2, 0.25) is 0 Å². The molecule has 0 atom stereocenters. The van der Waals surface area contributed by atoms with E-state index in [4.69, 9.17) is 19.9 Å². The molecular formula is C16H20N2O3. The Morgan fingerprint density at radius 3 is 2.52 bits per heavy atom. The summed E-state index contributed by atoms with van der Waals surface area (Å²) in [5, 5.41) is 0. The first kappa shape index (κ1) is 15.0. The summed E-state index contributed by atoms with van der Waals surface area (Å²) >= 11 is 0. The highest BCUT2D eigenvalue weighted by Crippen LogP contribution is 2.28. The molecule has 2 aromatic rings. The Hall–Kier alpha value is -2.43. The predicted octanol–water partition coefficient (Wildman–Crippen LogP) is 2.88. The molecule has 1 heterocycles. The van der Waals surface area contributed by atoms with Gasteiger partial charge in [-0.05, 0) is 26.0 Å². The van der Waals surface area contributed by atoms with Crippen LogP contribution >= 0.6 is 0 Å². The van der Waals surface area contributed by atoms with Crippen LogP contribution in [0.1, 0.15) is 16.8 Å². The van der Waals surface area contributed by atoms with Crippen molar-refractivity contribution in [3.63, 3.8) is 0 Å². The van der Waals surface area contributed by atoms with Crippen molar-refractivity contribution in [1.82, 2.24) is 4.98 Å². The molecule has 0 fully saturated rings. The lowest BCUT2D eigenvalue weighted by Gasteiger charge is -2.13. The van der Waals surface area contributed by atoms with Gasteiger partial charge >= 0.3 is 0 Å². The van der Waals surface area contributed by atoms with Crippen molar-refractivity contribution in [1.29, 1.82) is 0 Å². The number of nitrogens with zero attached hydrogens (tertiary/aromatic N) is 1. The van der Waals surface area contributed by atoms with Crippen LogP contribution in [0.4, 0.5) is 5.69 Å². The predicted molar refractivity (Wildman–Crippen MR) is 82.0 cm³/mol. The van der Waals surface area contributed by atoms with E-state index in [2.05, 4.69) is 4.98 Å². The lowest BCUT2D eigenvalue weighted by atomic mass is 10.1. The van der Waals surface area contributed by atoms with Crippen LogP contribution in [0.3, 0.4) is 0 Å². The van der Waals surface area contributed by atoms with E-state index in [-0.39, 0.29) is 0 Å². The number of pyridine rings is 1. The van der Waals surface area contributed by atoms with Gasteiger partial charge in [0.05, 0.1) is 25.6 Å². The standard InChI is InChI=1S/C16H20N2O3/c1-10-8-18-14(11(2)16(10)20-4)9-21-12-5-6-15(19-3)13(17)7-12/h5-8H,9,17H2,1-4H3. The number of anilines is 1.